The molecule has 120 valence electrons. The fourth-order valence-electron chi connectivity index (χ4n) is 3.55. The van der Waals surface area contributed by atoms with E-state index in [-0.39, 0.29) is 17.9 Å². The molecule has 0 unspecified atom stereocenters. The Kier molecular flexibility index (Phi) is 5.09. The highest BCUT2D eigenvalue weighted by Gasteiger charge is 2.37. The van der Waals surface area contributed by atoms with Gasteiger partial charge in [-0.25, -0.2) is 0 Å². The van der Waals surface area contributed by atoms with Crippen molar-refractivity contribution in [2.24, 2.45) is 5.92 Å². The highest BCUT2D eigenvalue weighted by atomic mass is 16.5. The summed E-state index contributed by atoms with van der Waals surface area (Å²) in [6, 6.07) is 20.9. The van der Waals surface area contributed by atoms with Crippen molar-refractivity contribution in [3.63, 3.8) is 0 Å². The molecule has 1 saturated heterocycles. The van der Waals surface area contributed by atoms with Crippen LogP contribution in [0.25, 0.3) is 0 Å². The normalized spacial score (nSPS) is 21.8. The molecule has 2 aromatic carbocycles. The first-order valence-corrected chi connectivity index (χ1v) is 8.20. The van der Waals surface area contributed by atoms with Crippen LogP contribution in [0.3, 0.4) is 0 Å². The van der Waals surface area contributed by atoms with Gasteiger partial charge in [-0.05, 0) is 30.5 Å². The predicted octanol–water partition coefficient (Wildman–Crippen LogP) is 3.81. The summed E-state index contributed by atoms with van der Waals surface area (Å²) in [5.74, 6) is -0.198. The van der Waals surface area contributed by atoms with E-state index in [1.165, 1.54) is 18.2 Å². The zero-order valence-corrected chi connectivity index (χ0v) is 13.5. The molecular formula is C20H23NO2. The van der Waals surface area contributed by atoms with Crippen molar-refractivity contribution in [3.8, 4) is 0 Å². The number of esters is 1. The third-order valence-electron chi connectivity index (χ3n) is 4.61. The van der Waals surface area contributed by atoms with E-state index in [1.807, 2.05) is 24.3 Å². The second-order valence-electron chi connectivity index (χ2n) is 6.08. The number of hydrogen-bond acceptors (Lipinski definition) is 3. The van der Waals surface area contributed by atoms with Crippen LogP contribution < -0.4 is 0 Å². The van der Waals surface area contributed by atoms with Gasteiger partial charge in [0.1, 0.15) is 0 Å². The molecule has 3 nitrogen and oxygen atoms in total. The molecule has 3 heteroatoms. The molecule has 3 rings (SSSR count). The Labute approximate surface area is 137 Å². The van der Waals surface area contributed by atoms with Crippen LogP contribution in [0.1, 0.15) is 30.0 Å². The SMILES string of the molecule is COC(=O)[C@@H]1CCCN(Cc2ccccc2)[C@@H]1c1ccccc1. The molecule has 0 amide bonds. The zero-order chi connectivity index (χ0) is 16.1. The highest BCUT2D eigenvalue weighted by Crippen LogP contribution is 2.37. The molecule has 0 radical (unpaired) electrons. The first-order valence-electron chi connectivity index (χ1n) is 8.20. The average molecular weight is 309 g/mol. The number of carbonyl (C=O) groups excluding carboxylic acids is 1. The second-order valence-corrected chi connectivity index (χ2v) is 6.08. The van der Waals surface area contributed by atoms with E-state index >= 15 is 0 Å². The smallest absolute Gasteiger partial charge is 0.310 e. The summed E-state index contributed by atoms with van der Waals surface area (Å²) in [6.07, 6.45) is 1.91. The van der Waals surface area contributed by atoms with E-state index in [0.717, 1.165) is 25.9 Å². The van der Waals surface area contributed by atoms with Crippen molar-refractivity contribution in [1.29, 1.82) is 0 Å². The lowest BCUT2D eigenvalue weighted by Gasteiger charge is -2.40. The van der Waals surface area contributed by atoms with Crippen molar-refractivity contribution in [1.82, 2.24) is 4.90 Å². The Morgan fingerprint density at radius 1 is 1.09 bits per heavy atom. The fourth-order valence-corrected chi connectivity index (χ4v) is 3.55. The molecular weight excluding hydrogens is 286 g/mol. The lowest BCUT2D eigenvalue weighted by molar-refractivity contribution is -0.150. The van der Waals surface area contributed by atoms with E-state index in [1.54, 1.807) is 0 Å². The summed E-state index contributed by atoms with van der Waals surface area (Å²) in [6.45, 7) is 1.86. The number of likely N-dealkylation sites (tertiary alicyclic amines) is 1. The van der Waals surface area contributed by atoms with Crippen molar-refractivity contribution in [2.75, 3.05) is 13.7 Å². The van der Waals surface area contributed by atoms with Gasteiger partial charge < -0.3 is 4.74 Å². The molecule has 2 atom stereocenters. The van der Waals surface area contributed by atoms with Crippen LogP contribution in [-0.2, 0) is 16.1 Å². The van der Waals surface area contributed by atoms with Crippen LogP contribution in [0.4, 0.5) is 0 Å². The van der Waals surface area contributed by atoms with Crippen molar-refractivity contribution in [3.05, 3.63) is 71.8 Å². The minimum Gasteiger partial charge on any atom is -0.469 e. The predicted molar refractivity (Wildman–Crippen MR) is 90.8 cm³/mol. The van der Waals surface area contributed by atoms with Gasteiger partial charge in [0, 0.05) is 12.6 Å². The highest BCUT2D eigenvalue weighted by molar-refractivity contribution is 5.73. The van der Waals surface area contributed by atoms with Crippen LogP contribution in [0, 0.1) is 5.92 Å². The van der Waals surface area contributed by atoms with Gasteiger partial charge in [0.2, 0.25) is 0 Å². The maximum atomic E-state index is 12.3. The van der Waals surface area contributed by atoms with Crippen LogP contribution >= 0.6 is 0 Å². The van der Waals surface area contributed by atoms with E-state index in [2.05, 4.69) is 41.3 Å². The number of piperidine rings is 1. The Balaban J connectivity index is 1.90. The second kappa shape index (κ2) is 7.42. The fraction of sp³-hybridized carbons (Fsp3) is 0.350. The Bertz CT molecular complexity index is 627. The molecule has 0 N–H and O–H groups in total. The summed E-state index contributed by atoms with van der Waals surface area (Å²) in [5, 5.41) is 0. The molecule has 0 saturated carbocycles. The van der Waals surface area contributed by atoms with Gasteiger partial charge in [-0.15, -0.1) is 0 Å². The van der Waals surface area contributed by atoms with Gasteiger partial charge in [-0.1, -0.05) is 60.7 Å². The Morgan fingerprint density at radius 3 is 2.39 bits per heavy atom. The number of benzene rings is 2. The van der Waals surface area contributed by atoms with Gasteiger partial charge in [0.25, 0.3) is 0 Å². The number of rotatable bonds is 4. The van der Waals surface area contributed by atoms with Crippen LogP contribution in [-0.4, -0.2) is 24.5 Å². The van der Waals surface area contributed by atoms with Gasteiger partial charge in [0.15, 0.2) is 0 Å². The lowest BCUT2D eigenvalue weighted by Crippen LogP contribution is -2.41. The zero-order valence-electron chi connectivity index (χ0n) is 13.5. The maximum absolute atomic E-state index is 12.3. The topological polar surface area (TPSA) is 29.5 Å². The minimum atomic E-state index is -0.100. The van der Waals surface area contributed by atoms with Gasteiger partial charge in [0.05, 0.1) is 13.0 Å². The lowest BCUT2D eigenvalue weighted by atomic mass is 9.84. The van der Waals surface area contributed by atoms with Crippen molar-refractivity contribution < 1.29 is 9.53 Å². The quantitative estimate of drug-likeness (QED) is 0.804. The molecule has 0 aliphatic carbocycles. The molecule has 23 heavy (non-hydrogen) atoms. The Hall–Kier alpha value is -2.13. The van der Waals surface area contributed by atoms with E-state index in [4.69, 9.17) is 4.74 Å². The van der Waals surface area contributed by atoms with E-state index in [0.29, 0.717) is 0 Å². The number of carbonyl (C=O) groups is 1. The Morgan fingerprint density at radius 2 is 1.74 bits per heavy atom. The molecule has 1 aliphatic rings. The van der Waals surface area contributed by atoms with E-state index < -0.39 is 0 Å². The summed E-state index contributed by atoms with van der Waals surface area (Å²) >= 11 is 0. The first-order chi connectivity index (χ1) is 11.3. The average Bonchev–Trinajstić information content (AvgIpc) is 2.62. The third kappa shape index (κ3) is 3.62. The van der Waals surface area contributed by atoms with Crippen molar-refractivity contribution >= 4 is 5.97 Å². The van der Waals surface area contributed by atoms with Crippen LogP contribution in [0.5, 0.6) is 0 Å². The van der Waals surface area contributed by atoms with Gasteiger partial charge >= 0.3 is 5.97 Å². The molecule has 1 fully saturated rings. The minimum absolute atomic E-state index is 0.0811. The molecule has 2 aromatic rings. The summed E-state index contributed by atoms with van der Waals surface area (Å²) in [7, 11) is 1.49. The van der Waals surface area contributed by atoms with E-state index in [9.17, 15) is 4.79 Å². The number of hydrogen-bond donors (Lipinski definition) is 0. The number of methoxy groups -OCH3 is 1. The standard InChI is InChI=1S/C20H23NO2/c1-23-20(22)18-13-8-14-21(15-16-9-4-2-5-10-16)19(18)17-11-6-3-7-12-17/h2-7,9-12,18-19H,8,13-15H2,1H3/t18-,19-/m1/s1. The molecule has 0 spiro atoms. The van der Waals surface area contributed by atoms with Crippen LogP contribution in [0.15, 0.2) is 60.7 Å². The summed E-state index contributed by atoms with van der Waals surface area (Å²) < 4.78 is 5.07. The summed E-state index contributed by atoms with van der Waals surface area (Å²) in [4.78, 5) is 14.7. The molecule has 0 aromatic heterocycles. The molecule has 0 bridgehead atoms. The third-order valence-corrected chi connectivity index (χ3v) is 4.61. The molecule has 1 heterocycles. The maximum Gasteiger partial charge on any atom is 0.310 e. The first kappa shape index (κ1) is 15.8. The monoisotopic (exact) mass is 309 g/mol. The summed E-state index contributed by atoms with van der Waals surface area (Å²) in [5.41, 5.74) is 2.47. The molecule has 1 aliphatic heterocycles. The van der Waals surface area contributed by atoms with Crippen LogP contribution in [0.2, 0.25) is 0 Å². The van der Waals surface area contributed by atoms with Gasteiger partial charge in [-0.3, -0.25) is 9.69 Å². The van der Waals surface area contributed by atoms with Gasteiger partial charge in [-0.2, -0.15) is 0 Å². The number of nitrogens with zero attached hydrogens (tertiary/aromatic N) is 1. The van der Waals surface area contributed by atoms with Crippen molar-refractivity contribution in [2.45, 2.75) is 25.4 Å². The number of ether oxygens (including phenoxy) is 1. The largest absolute Gasteiger partial charge is 0.469 e.